The van der Waals surface area contributed by atoms with E-state index in [1.165, 1.54) is 0 Å². The molecular formula is C23H26N8O2. The van der Waals surface area contributed by atoms with E-state index in [0.29, 0.717) is 18.4 Å². The van der Waals surface area contributed by atoms with Crippen LogP contribution in [0.1, 0.15) is 38.5 Å². The first-order chi connectivity index (χ1) is 16.2. The van der Waals surface area contributed by atoms with Crippen LogP contribution in [-0.2, 0) is 9.53 Å². The van der Waals surface area contributed by atoms with Gasteiger partial charge in [-0.3, -0.25) is 4.79 Å². The van der Waals surface area contributed by atoms with Crippen molar-refractivity contribution < 1.29 is 9.53 Å². The minimum Gasteiger partial charge on any atom is -0.477 e. The van der Waals surface area contributed by atoms with Crippen LogP contribution in [0.2, 0.25) is 0 Å². The number of carbonyl (C=O) groups excluding carboxylic acids is 1. The SMILES string of the molecule is O=C(C1CC1)N1C2CCC1CN(c1ncnn3cc(-c4cnn(C5=CCCCO5)n4)cc13)C2. The Morgan fingerprint density at radius 1 is 1.09 bits per heavy atom. The van der Waals surface area contributed by atoms with Crippen LogP contribution in [0.5, 0.6) is 0 Å². The van der Waals surface area contributed by atoms with E-state index < -0.39 is 0 Å². The predicted molar refractivity (Wildman–Crippen MR) is 120 cm³/mol. The number of amides is 1. The Balaban J connectivity index is 1.18. The summed E-state index contributed by atoms with van der Waals surface area (Å²) < 4.78 is 7.54. The number of aromatic nitrogens is 6. The van der Waals surface area contributed by atoms with Crippen molar-refractivity contribution in [2.24, 2.45) is 5.92 Å². The molecule has 1 aliphatic carbocycles. The standard InChI is InChI=1S/C23H26N8O2/c32-23(15-4-5-15)30-17-6-7-18(30)13-28(12-17)22-20-9-16(11-29(20)26-14-24-22)19-10-25-31(27-19)21-3-1-2-8-33-21/h3,9-11,14-15,17-18H,1-2,4-8,12-13H2. The quantitative estimate of drug-likeness (QED) is 0.606. The summed E-state index contributed by atoms with van der Waals surface area (Å²) in [5, 5.41) is 13.4. The average Bonchev–Trinajstić information content (AvgIpc) is 3.31. The molecule has 1 saturated carbocycles. The van der Waals surface area contributed by atoms with Gasteiger partial charge in [-0.05, 0) is 50.7 Å². The zero-order valence-corrected chi connectivity index (χ0v) is 18.4. The fourth-order valence-corrected chi connectivity index (χ4v) is 5.46. The van der Waals surface area contributed by atoms with E-state index in [-0.39, 0.29) is 18.0 Å². The van der Waals surface area contributed by atoms with Crippen molar-refractivity contribution >= 4 is 23.1 Å². The monoisotopic (exact) mass is 446 g/mol. The highest BCUT2D eigenvalue weighted by atomic mass is 16.5. The molecule has 1 amide bonds. The summed E-state index contributed by atoms with van der Waals surface area (Å²) in [6.07, 6.45) is 13.6. The summed E-state index contributed by atoms with van der Waals surface area (Å²) >= 11 is 0. The molecule has 2 bridgehead atoms. The molecule has 4 aliphatic rings. The van der Waals surface area contributed by atoms with E-state index in [9.17, 15) is 4.79 Å². The first kappa shape index (κ1) is 19.1. The molecule has 0 spiro atoms. The van der Waals surface area contributed by atoms with Crippen LogP contribution < -0.4 is 4.90 Å². The van der Waals surface area contributed by atoms with Gasteiger partial charge in [-0.15, -0.1) is 9.90 Å². The Morgan fingerprint density at radius 2 is 1.94 bits per heavy atom. The lowest BCUT2D eigenvalue weighted by molar-refractivity contribution is -0.135. The van der Waals surface area contributed by atoms with Gasteiger partial charge in [0, 0.05) is 42.9 Å². The minimum absolute atomic E-state index is 0.279. The average molecular weight is 447 g/mol. The highest BCUT2D eigenvalue weighted by Crippen LogP contribution is 2.39. The minimum atomic E-state index is 0.279. The molecule has 2 saturated heterocycles. The van der Waals surface area contributed by atoms with Crippen LogP contribution >= 0.6 is 0 Å². The lowest BCUT2D eigenvalue weighted by Crippen LogP contribution is -2.56. The maximum Gasteiger partial charge on any atom is 0.229 e. The summed E-state index contributed by atoms with van der Waals surface area (Å²) in [6, 6.07) is 2.64. The number of ether oxygens (including phenoxy) is 1. The Hall–Kier alpha value is -3.43. The normalized spacial score (nSPS) is 24.8. The van der Waals surface area contributed by atoms with E-state index in [2.05, 4.69) is 36.1 Å². The number of anilines is 1. The van der Waals surface area contributed by atoms with E-state index >= 15 is 0 Å². The number of piperazine rings is 1. The highest BCUT2D eigenvalue weighted by Gasteiger charge is 2.46. The van der Waals surface area contributed by atoms with Crippen LogP contribution in [-0.4, -0.2) is 72.2 Å². The van der Waals surface area contributed by atoms with Gasteiger partial charge < -0.3 is 14.5 Å². The summed E-state index contributed by atoms with van der Waals surface area (Å²) in [4.78, 5) is 23.5. The van der Waals surface area contributed by atoms with Gasteiger partial charge in [0.15, 0.2) is 5.82 Å². The van der Waals surface area contributed by atoms with Crippen molar-refractivity contribution in [3.05, 3.63) is 30.9 Å². The van der Waals surface area contributed by atoms with Crippen LogP contribution in [0.4, 0.5) is 5.82 Å². The fraction of sp³-hybridized carbons (Fsp3) is 0.522. The second kappa shape index (κ2) is 7.29. The maximum atomic E-state index is 12.8. The number of fused-ring (bicyclic) bond motifs is 3. The summed E-state index contributed by atoms with van der Waals surface area (Å²) in [5.41, 5.74) is 2.64. The van der Waals surface area contributed by atoms with Gasteiger partial charge in [-0.25, -0.2) is 9.50 Å². The van der Waals surface area contributed by atoms with Gasteiger partial charge in [-0.2, -0.15) is 10.2 Å². The van der Waals surface area contributed by atoms with Crippen LogP contribution in [0.25, 0.3) is 22.7 Å². The molecule has 3 aromatic heterocycles. The molecule has 33 heavy (non-hydrogen) atoms. The molecular weight excluding hydrogens is 420 g/mol. The fourth-order valence-electron chi connectivity index (χ4n) is 5.46. The van der Waals surface area contributed by atoms with E-state index in [1.807, 2.05) is 16.8 Å². The van der Waals surface area contributed by atoms with Crippen LogP contribution in [0.3, 0.4) is 0 Å². The van der Waals surface area contributed by atoms with Crippen LogP contribution in [0, 0.1) is 5.92 Å². The summed E-state index contributed by atoms with van der Waals surface area (Å²) in [6.45, 7) is 2.34. The Morgan fingerprint density at radius 3 is 2.70 bits per heavy atom. The maximum absolute atomic E-state index is 12.8. The number of nitrogens with zero attached hydrogens (tertiary/aromatic N) is 8. The molecule has 10 heteroatoms. The van der Waals surface area contributed by atoms with E-state index in [4.69, 9.17) is 4.74 Å². The Labute approximate surface area is 190 Å². The van der Waals surface area contributed by atoms with Crippen molar-refractivity contribution in [3.63, 3.8) is 0 Å². The first-order valence-corrected chi connectivity index (χ1v) is 11.9. The van der Waals surface area contributed by atoms with E-state index in [0.717, 1.165) is 74.2 Å². The van der Waals surface area contributed by atoms with Gasteiger partial charge >= 0.3 is 0 Å². The molecule has 0 aromatic carbocycles. The third kappa shape index (κ3) is 3.19. The van der Waals surface area contributed by atoms with Gasteiger partial charge in [0.05, 0.1) is 12.8 Å². The lowest BCUT2D eigenvalue weighted by Gasteiger charge is -2.41. The molecule has 3 fully saturated rings. The van der Waals surface area contributed by atoms with Gasteiger partial charge in [0.2, 0.25) is 11.8 Å². The molecule has 2 unspecified atom stereocenters. The second-order valence-electron chi connectivity index (χ2n) is 9.50. The number of rotatable bonds is 4. The molecule has 7 rings (SSSR count). The van der Waals surface area contributed by atoms with Crippen molar-refractivity contribution in [1.82, 2.24) is 34.5 Å². The summed E-state index contributed by atoms with van der Waals surface area (Å²) in [7, 11) is 0. The summed E-state index contributed by atoms with van der Waals surface area (Å²) in [5.74, 6) is 2.25. The second-order valence-corrected chi connectivity index (χ2v) is 9.50. The van der Waals surface area contributed by atoms with Crippen molar-refractivity contribution in [3.8, 4) is 11.3 Å². The first-order valence-electron chi connectivity index (χ1n) is 11.9. The number of carbonyl (C=O) groups is 1. The van der Waals surface area contributed by atoms with Crippen molar-refractivity contribution in [1.29, 1.82) is 0 Å². The van der Waals surface area contributed by atoms with Gasteiger partial charge in [0.1, 0.15) is 17.5 Å². The zero-order valence-electron chi connectivity index (χ0n) is 18.4. The largest absolute Gasteiger partial charge is 0.477 e. The molecule has 10 nitrogen and oxygen atoms in total. The molecule has 0 radical (unpaired) electrons. The van der Waals surface area contributed by atoms with E-state index in [1.54, 1.807) is 17.3 Å². The molecule has 3 aromatic rings. The van der Waals surface area contributed by atoms with Gasteiger partial charge in [-0.1, -0.05) is 0 Å². The van der Waals surface area contributed by atoms with Crippen molar-refractivity contribution in [2.75, 3.05) is 24.6 Å². The third-order valence-corrected chi connectivity index (χ3v) is 7.25. The van der Waals surface area contributed by atoms with Crippen LogP contribution in [0.15, 0.2) is 30.9 Å². The third-order valence-electron chi connectivity index (χ3n) is 7.25. The lowest BCUT2D eigenvalue weighted by atomic mass is 10.1. The van der Waals surface area contributed by atoms with Crippen molar-refractivity contribution in [2.45, 2.75) is 50.6 Å². The predicted octanol–water partition coefficient (Wildman–Crippen LogP) is 2.19. The Kier molecular flexibility index (Phi) is 4.22. The molecule has 0 N–H and O–H groups in total. The number of allylic oxidation sites excluding steroid dienone is 1. The molecule has 6 heterocycles. The number of hydrogen-bond acceptors (Lipinski definition) is 7. The molecule has 170 valence electrons. The smallest absolute Gasteiger partial charge is 0.229 e. The topological polar surface area (TPSA) is 93.7 Å². The highest BCUT2D eigenvalue weighted by molar-refractivity contribution is 5.83. The molecule has 2 atom stereocenters. The Bertz CT molecular complexity index is 1240. The zero-order chi connectivity index (χ0) is 21.9. The number of hydrogen-bond donors (Lipinski definition) is 0. The van der Waals surface area contributed by atoms with Gasteiger partial charge in [0.25, 0.3) is 0 Å². The molecule has 3 aliphatic heterocycles.